The molecule has 4 heteroatoms. The third-order valence-electron chi connectivity index (χ3n) is 4.01. The Bertz CT molecular complexity index is 417. The molecule has 106 valence electrons. The van der Waals surface area contributed by atoms with Crippen LogP contribution in [0.25, 0.3) is 0 Å². The first-order chi connectivity index (χ1) is 9.15. The van der Waals surface area contributed by atoms with Gasteiger partial charge in [-0.2, -0.15) is 0 Å². The molecule has 1 aromatic rings. The highest BCUT2D eigenvalue weighted by molar-refractivity contribution is 9.10. The number of benzene rings is 1. The van der Waals surface area contributed by atoms with Crippen molar-refractivity contribution in [1.29, 1.82) is 0 Å². The van der Waals surface area contributed by atoms with Gasteiger partial charge in [0.15, 0.2) is 0 Å². The van der Waals surface area contributed by atoms with Gasteiger partial charge >= 0.3 is 0 Å². The lowest BCUT2D eigenvalue weighted by atomic mass is 9.81. The molecule has 1 aromatic carbocycles. The topological polar surface area (TPSA) is 41.5 Å². The molecule has 1 heterocycles. The van der Waals surface area contributed by atoms with Crippen LogP contribution in [0.4, 0.5) is 0 Å². The summed E-state index contributed by atoms with van der Waals surface area (Å²) in [6.07, 6.45) is 1.88. The summed E-state index contributed by atoms with van der Waals surface area (Å²) in [5.41, 5.74) is 2.59. The summed E-state index contributed by atoms with van der Waals surface area (Å²) in [7, 11) is 0. The number of nitrogens with one attached hydrogen (secondary N) is 1. The van der Waals surface area contributed by atoms with E-state index in [4.69, 9.17) is 4.74 Å². The van der Waals surface area contributed by atoms with E-state index in [1.54, 1.807) is 0 Å². The zero-order valence-electron chi connectivity index (χ0n) is 11.4. The molecule has 0 amide bonds. The fraction of sp³-hybridized carbons (Fsp3) is 0.600. The number of hydrogen-bond acceptors (Lipinski definition) is 3. The lowest BCUT2D eigenvalue weighted by Crippen LogP contribution is -2.41. The van der Waals surface area contributed by atoms with Crippen molar-refractivity contribution in [3.8, 4) is 0 Å². The van der Waals surface area contributed by atoms with Crippen molar-refractivity contribution in [2.45, 2.75) is 26.3 Å². The van der Waals surface area contributed by atoms with Crippen molar-refractivity contribution in [3.05, 3.63) is 33.8 Å². The SMILES string of the molecule is Cc1cc(Br)ccc1CNCC1(CO)CCOCC1. The van der Waals surface area contributed by atoms with Crippen LogP contribution >= 0.6 is 15.9 Å². The number of aliphatic hydroxyl groups excluding tert-OH is 1. The van der Waals surface area contributed by atoms with Gasteiger partial charge < -0.3 is 15.2 Å². The summed E-state index contributed by atoms with van der Waals surface area (Å²) in [5, 5.41) is 13.1. The van der Waals surface area contributed by atoms with Crippen LogP contribution in [0, 0.1) is 12.3 Å². The number of ether oxygens (including phenoxy) is 1. The van der Waals surface area contributed by atoms with Gasteiger partial charge in [0.25, 0.3) is 0 Å². The average Bonchev–Trinajstić information content (AvgIpc) is 2.42. The number of halogens is 1. The molecule has 1 saturated heterocycles. The van der Waals surface area contributed by atoms with Crippen LogP contribution in [0.2, 0.25) is 0 Å². The highest BCUT2D eigenvalue weighted by Gasteiger charge is 2.31. The van der Waals surface area contributed by atoms with Gasteiger partial charge in [0.1, 0.15) is 0 Å². The Morgan fingerprint density at radius 3 is 2.74 bits per heavy atom. The second kappa shape index (κ2) is 6.84. The lowest BCUT2D eigenvalue weighted by molar-refractivity contribution is -0.0154. The first kappa shape index (κ1) is 15.0. The summed E-state index contributed by atoms with van der Waals surface area (Å²) >= 11 is 3.48. The van der Waals surface area contributed by atoms with Crippen LogP contribution in [0.3, 0.4) is 0 Å². The van der Waals surface area contributed by atoms with Gasteiger partial charge in [-0.25, -0.2) is 0 Å². The Morgan fingerprint density at radius 2 is 2.11 bits per heavy atom. The molecule has 0 radical (unpaired) electrons. The van der Waals surface area contributed by atoms with Gasteiger partial charge in [0.2, 0.25) is 0 Å². The van der Waals surface area contributed by atoms with Crippen molar-refractivity contribution in [2.75, 3.05) is 26.4 Å². The van der Waals surface area contributed by atoms with Gasteiger partial charge in [-0.15, -0.1) is 0 Å². The van der Waals surface area contributed by atoms with Crippen LogP contribution in [0.1, 0.15) is 24.0 Å². The Balaban J connectivity index is 1.88. The van der Waals surface area contributed by atoms with E-state index in [9.17, 15) is 5.11 Å². The molecule has 0 aromatic heterocycles. The average molecular weight is 328 g/mol. The summed E-state index contributed by atoms with van der Waals surface area (Å²) in [6, 6.07) is 6.34. The maximum atomic E-state index is 9.63. The molecule has 0 bridgehead atoms. The third-order valence-corrected chi connectivity index (χ3v) is 4.50. The largest absolute Gasteiger partial charge is 0.396 e. The van der Waals surface area contributed by atoms with E-state index >= 15 is 0 Å². The molecular formula is C15H22BrNO2. The van der Waals surface area contributed by atoms with Crippen molar-refractivity contribution in [2.24, 2.45) is 5.41 Å². The molecule has 1 aliphatic heterocycles. The van der Waals surface area contributed by atoms with Crippen molar-refractivity contribution >= 4 is 15.9 Å². The van der Waals surface area contributed by atoms with Gasteiger partial charge in [-0.3, -0.25) is 0 Å². The predicted octanol–water partition coefficient (Wildman–Crippen LogP) is 2.64. The molecular weight excluding hydrogens is 306 g/mol. The van der Waals surface area contributed by atoms with E-state index in [1.165, 1.54) is 11.1 Å². The summed E-state index contributed by atoms with van der Waals surface area (Å²) in [4.78, 5) is 0. The van der Waals surface area contributed by atoms with Crippen LogP contribution in [0.5, 0.6) is 0 Å². The number of hydrogen-bond donors (Lipinski definition) is 2. The summed E-state index contributed by atoms with van der Waals surface area (Å²) < 4.78 is 6.50. The second-order valence-corrected chi connectivity index (χ2v) is 6.36. The molecule has 1 fully saturated rings. The second-order valence-electron chi connectivity index (χ2n) is 5.44. The third kappa shape index (κ3) is 4.02. The minimum absolute atomic E-state index is 0.00151. The molecule has 0 unspecified atom stereocenters. The lowest BCUT2D eigenvalue weighted by Gasteiger charge is -2.35. The van der Waals surface area contributed by atoms with E-state index in [-0.39, 0.29) is 12.0 Å². The fourth-order valence-electron chi connectivity index (χ4n) is 2.52. The summed E-state index contributed by atoms with van der Waals surface area (Å²) in [6.45, 7) is 5.59. The van der Waals surface area contributed by atoms with E-state index in [0.29, 0.717) is 0 Å². The van der Waals surface area contributed by atoms with Crippen LogP contribution in [0.15, 0.2) is 22.7 Å². The summed E-state index contributed by atoms with van der Waals surface area (Å²) in [5.74, 6) is 0. The maximum Gasteiger partial charge on any atom is 0.0501 e. The number of aryl methyl sites for hydroxylation is 1. The van der Waals surface area contributed by atoms with Gasteiger partial charge in [-0.05, 0) is 43.0 Å². The molecule has 3 nitrogen and oxygen atoms in total. The predicted molar refractivity (Wildman–Crippen MR) is 80.2 cm³/mol. The molecule has 2 rings (SSSR count). The molecule has 0 saturated carbocycles. The minimum Gasteiger partial charge on any atom is -0.396 e. The number of aliphatic hydroxyl groups is 1. The molecule has 2 N–H and O–H groups in total. The highest BCUT2D eigenvalue weighted by Crippen LogP contribution is 2.29. The van der Waals surface area contributed by atoms with Crippen molar-refractivity contribution in [1.82, 2.24) is 5.32 Å². The van der Waals surface area contributed by atoms with Crippen molar-refractivity contribution in [3.63, 3.8) is 0 Å². The standard InChI is InChI=1S/C15H22BrNO2/c1-12-8-14(16)3-2-13(12)9-17-10-15(11-18)4-6-19-7-5-15/h2-3,8,17-18H,4-7,9-11H2,1H3. The maximum absolute atomic E-state index is 9.63. The normalized spacial score (nSPS) is 18.5. The molecule has 1 aliphatic rings. The van der Waals surface area contributed by atoms with Crippen LogP contribution < -0.4 is 5.32 Å². The Hall–Kier alpha value is -0.420. The van der Waals surface area contributed by atoms with Gasteiger partial charge in [0, 0.05) is 36.2 Å². The quantitative estimate of drug-likeness (QED) is 0.873. The fourth-order valence-corrected chi connectivity index (χ4v) is 2.99. The minimum atomic E-state index is 0.00151. The molecule has 19 heavy (non-hydrogen) atoms. The molecule has 0 aliphatic carbocycles. The van der Waals surface area contributed by atoms with E-state index in [2.05, 4.69) is 46.4 Å². The zero-order chi connectivity index (χ0) is 13.7. The highest BCUT2D eigenvalue weighted by atomic mass is 79.9. The molecule has 0 atom stereocenters. The number of rotatable bonds is 5. The first-order valence-corrected chi connectivity index (χ1v) is 7.59. The first-order valence-electron chi connectivity index (χ1n) is 6.80. The Labute approximate surface area is 123 Å². The van der Waals surface area contributed by atoms with Crippen LogP contribution in [-0.2, 0) is 11.3 Å². The van der Waals surface area contributed by atoms with Crippen molar-refractivity contribution < 1.29 is 9.84 Å². The van der Waals surface area contributed by atoms with Crippen LogP contribution in [-0.4, -0.2) is 31.5 Å². The van der Waals surface area contributed by atoms with Gasteiger partial charge in [0.05, 0.1) is 6.61 Å². The zero-order valence-corrected chi connectivity index (χ0v) is 13.0. The van der Waals surface area contributed by atoms with E-state index < -0.39 is 0 Å². The Morgan fingerprint density at radius 1 is 1.37 bits per heavy atom. The van der Waals surface area contributed by atoms with E-state index in [1.807, 2.05) is 0 Å². The Kier molecular flexibility index (Phi) is 5.39. The van der Waals surface area contributed by atoms with Gasteiger partial charge in [-0.1, -0.05) is 22.0 Å². The molecule has 0 spiro atoms. The van der Waals surface area contributed by atoms with E-state index in [0.717, 1.165) is 43.6 Å². The monoisotopic (exact) mass is 327 g/mol. The smallest absolute Gasteiger partial charge is 0.0501 e.